The maximum atomic E-state index is 6.00. The Kier molecular flexibility index (Phi) is 5.03. The Bertz CT molecular complexity index is 778. The van der Waals surface area contributed by atoms with Gasteiger partial charge < -0.3 is 0 Å². The standard InChI is InChI=1S/C21H14Cl2/c22-19-11-7-17(8-12-19)21(18-9-13-20(23)14-10-18)15-6-16-4-2-1-3-5-16/h1-5,7-14,21H. The number of hydrogen-bond acceptors (Lipinski definition) is 0. The van der Waals surface area contributed by atoms with Crippen molar-refractivity contribution in [2.24, 2.45) is 0 Å². The lowest BCUT2D eigenvalue weighted by Gasteiger charge is -2.12. The van der Waals surface area contributed by atoms with E-state index >= 15 is 0 Å². The first-order valence-corrected chi connectivity index (χ1v) is 8.05. The first-order chi connectivity index (χ1) is 11.2. The third-order valence-corrected chi connectivity index (χ3v) is 4.05. The monoisotopic (exact) mass is 336 g/mol. The Labute approximate surface area is 146 Å². The molecular formula is C21H14Cl2. The average Bonchev–Trinajstić information content (AvgIpc) is 2.59. The lowest BCUT2D eigenvalue weighted by molar-refractivity contribution is 1.06. The van der Waals surface area contributed by atoms with Crippen LogP contribution in [0, 0.1) is 11.8 Å². The predicted octanol–water partition coefficient (Wildman–Crippen LogP) is 6.18. The highest BCUT2D eigenvalue weighted by Gasteiger charge is 2.11. The van der Waals surface area contributed by atoms with E-state index in [0.29, 0.717) is 0 Å². The van der Waals surface area contributed by atoms with Gasteiger partial charge in [-0.05, 0) is 47.5 Å². The van der Waals surface area contributed by atoms with Crippen LogP contribution in [0.3, 0.4) is 0 Å². The zero-order chi connectivity index (χ0) is 16.1. The molecule has 3 aromatic carbocycles. The molecule has 0 saturated carbocycles. The van der Waals surface area contributed by atoms with Crippen LogP contribution in [0.1, 0.15) is 22.6 Å². The Balaban J connectivity index is 2.01. The van der Waals surface area contributed by atoms with Crippen molar-refractivity contribution in [3.05, 3.63) is 106 Å². The molecule has 0 saturated heterocycles. The van der Waals surface area contributed by atoms with Crippen LogP contribution in [0.5, 0.6) is 0 Å². The van der Waals surface area contributed by atoms with Crippen molar-refractivity contribution >= 4 is 23.2 Å². The van der Waals surface area contributed by atoms with Crippen LogP contribution >= 0.6 is 23.2 Å². The topological polar surface area (TPSA) is 0 Å². The van der Waals surface area contributed by atoms with Crippen LogP contribution in [0.25, 0.3) is 0 Å². The molecule has 0 aliphatic carbocycles. The van der Waals surface area contributed by atoms with Gasteiger partial charge in [0.05, 0.1) is 5.92 Å². The molecule has 0 bridgehead atoms. The van der Waals surface area contributed by atoms with Crippen LogP contribution in [0.15, 0.2) is 78.9 Å². The first kappa shape index (κ1) is 15.7. The van der Waals surface area contributed by atoms with Gasteiger partial charge in [0.25, 0.3) is 0 Å². The first-order valence-electron chi connectivity index (χ1n) is 7.30. The molecule has 3 rings (SSSR count). The van der Waals surface area contributed by atoms with E-state index in [9.17, 15) is 0 Å². The summed E-state index contributed by atoms with van der Waals surface area (Å²) < 4.78 is 0. The lowest BCUT2D eigenvalue weighted by Crippen LogP contribution is -1.98. The van der Waals surface area contributed by atoms with Crippen molar-refractivity contribution in [3.63, 3.8) is 0 Å². The molecule has 0 aliphatic rings. The van der Waals surface area contributed by atoms with Crippen molar-refractivity contribution in [2.45, 2.75) is 5.92 Å². The largest absolute Gasteiger partial charge is 0.0848 e. The normalized spacial score (nSPS) is 10.2. The fourth-order valence-corrected chi connectivity index (χ4v) is 2.60. The van der Waals surface area contributed by atoms with E-state index in [-0.39, 0.29) is 5.92 Å². The molecule has 0 unspecified atom stereocenters. The lowest BCUT2D eigenvalue weighted by atomic mass is 9.91. The minimum absolute atomic E-state index is 0.0234. The summed E-state index contributed by atoms with van der Waals surface area (Å²) in [6, 6.07) is 25.6. The molecule has 0 heterocycles. The predicted molar refractivity (Wildman–Crippen MR) is 98.1 cm³/mol. The Morgan fingerprint density at radius 3 is 1.57 bits per heavy atom. The minimum atomic E-state index is -0.0234. The van der Waals surface area contributed by atoms with Crippen LogP contribution in [-0.4, -0.2) is 0 Å². The van der Waals surface area contributed by atoms with Gasteiger partial charge in [0.15, 0.2) is 0 Å². The summed E-state index contributed by atoms with van der Waals surface area (Å²) in [5.41, 5.74) is 3.22. The van der Waals surface area contributed by atoms with Gasteiger partial charge in [-0.25, -0.2) is 0 Å². The summed E-state index contributed by atoms with van der Waals surface area (Å²) in [5.74, 6) is 6.60. The fraction of sp³-hybridized carbons (Fsp3) is 0.0476. The summed E-state index contributed by atoms with van der Waals surface area (Å²) in [7, 11) is 0. The van der Waals surface area contributed by atoms with Crippen LogP contribution < -0.4 is 0 Å². The molecule has 0 amide bonds. The second-order valence-corrected chi connectivity index (χ2v) is 6.04. The zero-order valence-electron chi connectivity index (χ0n) is 12.3. The Hall–Kier alpha value is -2.20. The molecule has 3 aromatic rings. The molecule has 0 spiro atoms. The van der Waals surface area contributed by atoms with E-state index in [2.05, 4.69) is 11.8 Å². The summed E-state index contributed by atoms with van der Waals surface area (Å²) >= 11 is 12.0. The highest BCUT2D eigenvalue weighted by molar-refractivity contribution is 6.30. The summed E-state index contributed by atoms with van der Waals surface area (Å²) in [6.45, 7) is 0. The molecule has 112 valence electrons. The highest BCUT2D eigenvalue weighted by Crippen LogP contribution is 2.26. The number of halogens is 2. The average molecular weight is 337 g/mol. The Morgan fingerprint density at radius 1 is 0.609 bits per heavy atom. The van der Waals surface area contributed by atoms with Crippen molar-refractivity contribution in [1.82, 2.24) is 0 Å². The van der Waals surface area contributed by atoms with E-state index in [4.69, 9.17) is 23.2 Å². The summed E-state index contributed by atoms with van der Waals surface area (Å²) in [6.07, 6.45) is 0. The zero-order valence-corrected chi connectivity index (χ0v) is 13.9. The molecule has 0 aromatic heterocycles. The van der Waals surface area contributed by atoms with Gasteiger partial charge in [-0.2, -0.15) is 0 Å². The molecule has 0 N–H and O–H groups in total. The molecule has 0 atom stereocenters. The molecular weight excluding hydrogens is 323 g/mol. The van der Waals surface area contributed by atoms with Gasteiger partial charge >= 0.3 is 0 Å². The molecule has 0 nitrogen and oxygen atoms in total. The molecule has 0 radical (unpaired) electrons. The highest BCUT2D eigenvalue weighted by atomic mass is 35.5. The maximum absolute atomic E-state index is 6.00. The van der Waals surface area contributed by atoms with Crippen molar-refractivity contribution < 1.29 is 0 Å². The number of hydrogen-bond donors (Lipinski definition) is 0. The summed E-state index contributed by atoms with van der Waals surface area (Å²) in [5, 5.41) is 1.44. The molecule has 2 heteroatoms. The van der Waals surface area contributed by atoms with Gasteiger partial charge in [-0.15, -0.1) is 0 Å². The van der Waals surface area contributed by atoms with Gasteiger partial charge in [-0.1, -0.05) is 77.5 Å². The number of rotatable bonds is 2. The van der Waals surface area contributed by atoms with Gasteiger partial charge in [0.2, 0.25) is 0 Å². The van der Waals surface area contributed by atoms with Crippen molar-refractivity contribution in [1.29, 1.82) is 0 Å². The van der Waals surface area contributed by atoms with Crippen molar-refractivity contribution in [3.8, 4) is 11.8 Å². The minimum Gasteiger partial charge on any atom is -0.0848 e. The van der Waals surface area contributed by atoms with Crippen molar-refractivity contribution in [2.75, 3.05) is 0 Å². The molecule has 23 heavy (non-hydrogen) atoms. The third kappa shape index (κ3) is 4.17. The van der Waals surface area contributed by atoms with Crippen LogP contribution in [0.4, 0.5) is 0 Å². The maximum Gasteiger partial charge on any atom is 0.0705 e. The van der Waals surface area contributed by atoms with E-state index in [1.165, 1.54) is 0 Å². The molecule has 0 fully saturated rings. The number of benzene rings is 3. The fourth-order valence-electron chi connectivity index (χ4n) is 2.35. The van der Waals surface area contributed by atoms with Gasteiger partial charge in [-0.3, -0.25) is 0 Å². The van der Waals surface area contributed by atoms with Crippen LogP contribution in [0.2, 0.25) is 10.0 Å². The molecule has 0 aliphatic heterocycles. The third-order valence-electron chi connectivity index (χ3n) is 3.54. The van der Waals surface area contributed by atoms with E-state index in [0.717, 1.165) is 26.7 Å². The smallest absolute Gasteiger partial charge is 0.0705 e. The van der Waals surface area contributed by atoms with Crippen LogP contribution in [-0.2, 0) is 0 Å². The quantitative estimate of drug-likeness (QED) is 0.490. The van der Waals surface area contributed by atoms with Gasteiger partial charge in [0.1, 0.15) is 0 Å². The van der Waals surface area contributed by atoms with Gasteiger partial charge in [0, 0.05) is 15.6 Å². The SMILES string of the molecule is Clc1ccc(C(C#Cc2ccccc2)c2ccc(Cl)cc2)cc1. The second-order valence-electron chi connectivity index (χ2n) is 5.17. The second kappa shape index (κ2) is 7.38. The van der Waals surface area contributed by atoms with E-state index < -0.39 is 0 Å². The Morgan fingerprint density at radius 2 is 1.09 bits per heavy atom. The van der Waals surface area contributed by atoms with E-state index in [1.807, 2.05) is 78.9 Å². The summed E-state index contributed by atoms with van der Waals surface area (Å²) in [4.78, 5) is 0. The van der Waals surface area contributed by atoms with E-state index in [1.54, 1.807) is 0 Å².